The number of piperidine rings is 1. The van der Waals surface area contributed by atoms with Gasteiger partial charge in [0.1, 0.15) is 5.82 Å². The summed E-state index contributed by atoms with van der Waals surface area (Å²) in [6, 6.07) is 12.5. The van der Waals surface area contributed by atoms with E-state index in [9.17, 15) is 12.8 Å². The predicted octanol–water partition coefficient (Wildman–Crippen LogP) is 3.85. The van der Waals surface area contributed by atoms with Gasteiger partial charge in [-0.2, -0.15) is 0 Å². The molecule has 0 radical (unpaired) electrons. The van der Waals surface area contributed by atoms with Crippen LogP contribution in [0.2, 0.25) is 0 Å². The van der Waals surface area contributed by atoms with E-state index in [2.05, 4.69) is 33.4 Å². The first-order valence-corrected chi connectivity index (χ1v) is 11.6. The summed E-state index contributed by atoms with van der Waals surface area (Å²) in [4.78, 5) is 6.54. The van der Waals surface area contributed by atoms with Crippen LogP contribution in [0.15, 0.2) is 59.8 Å². The SMILES string of the molecule is CS(=O)(=O)c1ccc(F)cc1CN1CCC(Nc2ccc3cnccc3c2)CC1. The lowest BCUT2D eigenvalue weighted by Crippen LogP contribution is -2.38. The van der Waals surface area contributed by atoms with Crippen LogP contribution in [0.4, 0.5) is 10.1 Å². The van der Waals surface area contributed by atoms with E-state index >= 15 is 0 Å². The molecule has 7 heteroatoms. The molecule has 152 valence electrons. The van der Waals surface area contributed by atoms with Crippen LogP contribution in [0.25, 0.3) is 10.8 Å². The van der Waals surface area contributed by atoms with Gasteiger partial charge in [0.25, 0.3) is 0 Å². The topological polar surface area (TPSA) is 62.3 Å². The fourth-order valence-corrected chi connectivity index (χ4v) is 4.83. The maximum absolute atomic E-state index is 13.7. The number of hydrogen-bond donors (Lipinski definition) is 1. The number of likely N-dealkylation sites (tertiary alicyclic amines) is 1. The molecule has 0 spiro atoms. The van der Waals surface area contributed by atoms with Crippen molar-refractivity contribution in [3.63, 3.8) is 0 Å². The third-order valence-corrected chi connectivity index (χ3v) is 6.61. The highest BCUT2D eigenvalue weighted by molar-refractivity contribution is 7.90. The summed E-state index contributed by atoms with van der Waals surface area (Å²) < 4.78 is 37.7. The molecule has 0 aliphatic carbocycles. The number of nitrogens with one attached hydrogen (secondary N) is 1. The lowest BCUT2D eigenvalue weighted by Gasteiger charge is -2.33. The van der Waals surface area contributed by atoms with Gasteiger partial charge in [0, 0.05) is 55.4 Å². The molecule has 2 heterocycles. The van der Waals surface area contributed by atoms with Gasteiger partial charge in [-0.15, -0.1) is 0 Å². The summed E-state index contributed by atoms with van der Waals surface area (Å²) in [6.07, 6.45) is 6.70. The molecule has 0 amide bonds. The van der Waals surface area contributed by atoms with E-state index < -0.39 is 15.7 Å². The lowest BCUT2D eigenvalue weighted by atomic mass is 10.0. The molecule has 1 fully saturated rings. The number of nitrogens with zero attached hydrogens (tertiary/aromatic N) is 2. The number of fused-ring (bicyclic) bond motifs is 1. The second-order valence-corrected chi connectivity index (χ2v) is 9.64. The number of rotatable bonds is 5. The van der Waals surface area contributed by atoms with Gasteiger partial charge in [-0.3, -0.25) is 9.88 Å². The quantitative estimate of drug-likeness (QED) is 0.644. The fraction of sp³-hybridized carbons (Fsp3) is 0.318. The first-order chi connectivity index (χ1) is 13.9. The average molecular weight is 414 g/mol. The van der Waals surface area contributed by atoms with Gasteiger partial charge in [0.05, 0.1) is 4.90 Å². The second kappa shape index (κ2) is 8.08. The van der Waals surface area contributed by atoms with Crippen LogP contribution in [0.3, 0.4) is 0 Å². The molecule has 4 rings (SSSR count). The smallest absolute Gasteiger partial charge is 0.175 e. The van der Waals surface area contributed by atoms with Crippen molar-refractivity contribution >= 4 is 26.3 Å². The van der Waals surface area contributed by atoms with E-state index in [-0.39, 0.29) is 4.90 Å². The predicted molar refractivity (Wildman–Crippen MR) is 113 cm³/mol. The Morgan fingerprint density at radius 2 is 1.90 bits per heavy atom. The highest BCUT2D eigenvalue weighted by Gasteiger charge is 2.22. The number of halogens is 1. The molecule has 2 aromatic carbocycles. The molecule has 1 saturated heterocycles. The maximum atomic E-state index is 13.7. The van der Waals surface area contributed by atoms with Gasteiger partial charge in [-0.1, -0.05) is 6.07 Å². The fourth-order valence-electron chi connectivity index (χ4n) is 3.92. The summed E-state index contributed by atoms with van der Waals surface area (Å²) in [5, 5.41) is 5.87. The van der Waals surface area contributed by atoms with E-state index in [0.29, 0.717) is 18.2 Å². The maximum Gasteiger partial charge on any atom is 0.175 e. The van der Waals surface area contributed by atoms with Crippen molar-refractivity contribution in [2.24, 2.45) is 0 Å². The van der Waals surface area contributed by atoms with Crippen LogP contribution in [0.1, 0.15) is 18.4 Å². The summed E-state index contributed by atoms with van der Waals surface area (Å²) in [5.41, 5.74) is 1.62. The van der Waals surface area contributed by atoms with Gasteiger partial charge >= 0.3 is 0 Å². The summed E-state index contributed by atoms with van der Waals surface area (Å²) in [5.74, 6) is -0.407. The van der Waals surface area contributed by atoms with Crippen LogP contribution >= 0.6 is 0 Å². The number of hydrogen-bond acceptors (Lipinski definition) is 5. The van der Waals surface area contributed by atoms with Gasteiger partial charge in [-0.05, 0) is 60.2 Å². The van der Waals surface area contributed by atoms with Crippen molar-refractivity contribution < 1.29 is 12.8 Å². The van der Waals surface area contributed by atoms with Crippen LogP contribution in [0, 0.1) is 5.82 Å². The number of benzene rings is 2. The summed E-state index contributed by atoms with van der Waals surface area (Å²) in [7, 11) is -3.38. The van der Waals surface area contributed by atoms with Crippen molar-refractivity contribution in [1.29, 1.82) is 0 Å². The largest absolute Gasteiger partial charge is 0.382 e. The number of sulfone groups is 1. The lowest BCUT2D eigenvalue weighted by molar-refractivity contribution is 0.209. The molecule has 1 N–H and O–H groups in total. The Morgan fingerprint density at radius 1 is 1.10 bits per heavy atom. The molecular formula is C22H24FN3O2S. The van der Waals surface area contributed by atoms with Gasteiger partial charge in [-0.25, -0.2) is 12.8 Å². The summed E-state index contributed by atoms with van der Waals surface area (Å²) in [6.45, 7) is 2.10. The van der Waals surface area contributed by atoms with Crippen molar-refractivity contribution in [2.75, 3.05) is 24.7 Å². The highest BCUT2D eigenvalue weighted by atomic mass is 32.2. The van der Waals surface area contributed by atoms with E-state index in [4.69, 9.17) is 0 Å². The molecule has 0 atom stereocenters. The van der Waals surface area contributed by atoms with Crippen molar-refractivity contribution in [2.45, 2.75) is 30.3 Å². The second-order valence-electron chi connectivity index (χ2n) is 7.66. The van der Waals surface area contributed by atoms with E-state index in [1.807, 2.05) is 12.3 Å². The third kappa shape index (κ3) is 4.74. The molecular weight excluding hydrogens is 389 g/mol. The zero-order valence-corrected chi connectivity index (χ0v) is 17.1. The Morgan fingerprint density at radius 3 is 2.66 bits per heavy atom. The highest BCUT2D eigenvalue weighted by Crippen LogP contribution is 2.24. The van der Waals surface area contributed by atoms with Crippen LogP contribution in [-0.4, -0.2) is 43.7 Å². The zero-order chi connectivity index (χ0) is 20.4. The normalized spacial score (nSPS) is 16.2. The molecule has 0 bridgehead atoms. The van der Waals surface area contributed by atoms with Crippen molar-refractivity contribution in [1.82, 2.24) is 9.88 Å². The first-order valence-electron chi connectivity index (χ1n) is 9.70. The van der Waals surface area contributed by atoms with Gasteiger partial charge in [0.15, 0.2) is 9.84 Å². The molecule has 0 saturated carbocycles. The number of aromatic nitrogens is 1. The molecule has 1 aliphatic rings. The number of anilines is 1. The van der Waals surface area contributed by atoms with Gasteiger partial charge in [0.2, 0.25) is 0 Å². The first kappa shape index (κ1) is 19.8. The monoisotopic (exact) mass is 413 g/mol. The Bertz CT molecular complexity index is 1130. The molecule has 5 nitrogen and oxygen atoms in total. The Kier molecular flexibility index (Phi) is 5.52. The van der Waals surface area contributed by atoms with Gasteiger partial charge < -0.3 is 5.32 Å². The molecule has 0 unspecified atom stereocenters. The Labute approximate surface area is 170 Å². The van der Waals surface area contributed by atoms with Crippen LogP contribution in [-0.2, 0) is 16.4 Å². The minimum Gasteiger partial charge on any atom is -0.382 e. The van der Waals surface area contributed by atoms with Crippen LogP contribution in [0.5, 0.6) is 0 Å². The third-order valence-electron chi connectivity index (χ3n) is 5.41. The van der Waals surface area contributed by atoms with Crippen molar-refractivity contribution in [3.8, 4) is 0 Å². The number of pyridine rings is 1. The van der Waals surface area contributed by atoms with E-state index in [0.717, 1.165) is 42.4 Å². The molecule has 1 aliphatic heterocycles. The van der Waals surface area contributed by atoms with E-state index in [1.165, 1.54) is 24.5 Å². The van der Waals surface area contributed by atoms with Crippen molar-refractivity contribution in [3.05, 3.63) is 66.2 Å². The van der Waals surface area contributed by atoms with Crippen LogP contribution < -0.4 is 5.32 Å². The standard InChI is InChI=1S/C22H24FN3O2S/c1-29(27,28)22-5-3-19(23)12-18(22)15-26-10-7-20(8-11-26)25-21-4-2-17-14-24-9-6-16(17)13-21/h2-6,9,12-14,20,25H,7-8,10-11,15H2,1H3. The van der Waals surface area contributed by atoms with E-state index in [1.54, 1.807) is 6.20 Å². The average Bonchev–Trinajstić information content (AvgIpc) is 2.68. The zero-order valence-electron chi connectivity index (χ0n) is 16.3. The molecule has 1 aromatic heterocycles. The molecule has 3 aromatic rings. The minimum absolute atomic E-state index is 0.213. The Balaban J connectivity index is 1.39. The Hall–Kier alpha value is -2.51. The minimum atomic E-state index is -3.38. The summed E-state index contributed by atoms with van der Waals surface area (Å²) >= 11 is 0. The molecule has 29 heavy (non-hydrogen) atoms.